The average molecular weight is 359 g/mol. The second-order valence-corrected chi connectivity index (χ2v) is 5.95. The van der Waals surface area contributed by atoms with E-state index in [9.17, 15) is 9.18 Å². The monoisotopic (exact) mass is 359 g/mol. The molecular formula is C19H22FN3O3. The summed E-state index contributed by atoms with van der Waals surface area (Å²) in [4.78, 5) is 16.3. The molecule has 3 rings (SSSR count). The van der Waals surface area contributed by atoms with Gasteiger partial charge in [0.05, 0.1) is 19.9 Å². The molecule has 26 heavy (non-hydrogen) atoms. The highest BCUT2D eigenvalue weighted by Gasteiger charge is 2.23. The van der Waals surface area contributed by atoms with Crippen LogP contribution in [0.2, 0.25) is 0 Å². The van der Waals surface area contributed by atoms with E-state index in [0.29, 0.717) is 31.9 Å². The normalized spacial score (nSPS) is 14.1. The first-order valence-corrected chi connectivity index (χ1v) is 8.39. The highest BCUT2D eigenvalue weighted by atomic mass is 19.1. The maximum Gasteiger partial charge on any atom is 0.321 e. The van der Waals surface area contributed by atoms with Crippen LogP contribution in [0.25, 0.3) is 0 Å². The van der Waals surface area contributed by atoms with Gasteiger partial charge in [0.1, 0.15) is 17.3 Å². The first-order valence-electron chi connectivity index (χ1n) is 8.39. The Labute approximate surface area is 152 Å². The smallest absolute Gasteiger partial charge is 0.321 e. The lowest BCUT2D eigenvalue weighted by atomic mass is 10.2. The maximum absolute atomic E-state index is 13.2. The molecule has 1 aliphatic heterocycles. The van der Waals surface area contributed by atoms with Crippen LogP contribution >= 0.6 is 0 Å². The van der Waals surface area contributed by atoms with Crippen molar-refractivity contribution >= 4 is 17.4 Å². The van der Waals surface area contributed by atoms with Crippen LogP contribution in [0.15, 0.2) is 42.5 Å². The standard InChI is InChI=1S/C19H22FN3O3/c1-25-16-6-7-17(18(13-16)26-2)22-8-10-23(11-9-22)19(24)21-15-5-3-4-14(20)12-15/h3-7,12-13H,8-11H2,1-2H3,(H,21,24). The van der Waals surface area contributed by atoms with Gasteiger partial charge in [-0.1, -0.05) is 6.07 Å². The molecule has 7 heteroatoms. The minimum Gasteiger partial charge on any atom is -0.497 e. The molecule has 2 aromatic rings. The fraction of sp³-hybridized carbons (Fsp3) is 0.316. The number of piperazine rings is 1. The fourth-order valence-corrected chi connectivity index (χ4v) is 2.97. The van der Waals surface area contributed by atoms with E-state index < -0.39 is 0 Å². The molecule has 1 N–H and O–H groups in total. The molecule has 2 aromatic carbocycles. The third-order valence-electron chi connectivity index (χ3n) is 4.37. The number of carbonyl (C=O) groups is 1. The number of ether oxygens (including phenoxy) is 2. The zero-order valence-corrected chi connectivity index (χ0v) is 14.9. The molecule has 0 aliphatic carbocycles. The van der Waals surface area contributed by atoms with Gasteiger partial charge >= 0.3 is 6.03 Å². The van der Waals surface area contributed by atoms with Gasteiger partial charge in [-0.3, -0.25) is 0 Å². The molecule has 0 aromatic heterocycles. The Bertz CT molecular complexity index is 776. The number of benzene rings is 2. The van der Waals surface area contributed by atoms with E-state index in [2.05, 4.69) is 10.2 Å². The summed E-state index contributed by atoms with van der Waals surface area (Å²) in [5, 5.41) is 2.73. The molecule has 0 unspecified atom stereocenters. The number of nitrogens with zero attached hydrogens (tertiary/aromatic N) is 2. The van der Waals surface area contributed by atoms with Crippen molar-refractivity contribution in [2.24, 2.45) is 0 Å². The fourth-order valence-electron chi connectivity index (χ4n) is 2.97. The van der Waals surface area contributed by atoms with E-state index in [1.807, 2.05) is 18.2 Å². The highest BCUT2D eigenvalue weighted by Crippen LogP contribution is 2.32. The van der Waals surface area contributed by atoms with E-state index in [0.717, 1.165) is 17.2 Å². The molecule has 1 aliphatic rings. The van der Waals surface area contributed by atoms with Gasteiger partial charge < -0.3 is 24.6 Å². The van der Waals surface area contributed by atoms with Crippen molar-refractivity contribution in [2.45, 2.75) is 0 Å². The molecule has 2 amide bonds. The van der Waals surface area contributed by atoms with Crippen molar-refractivity contribution in [3.05, 3.63) is 48.3 Å². The number of nitrogens with one attached hydrogen (secondary N) is 1. The second-order valence-electron chi connectivity index (χ2n) is 5.95. The molecule has 6 nitrogen and oxygen atoms in total. The molecule has 138 valence electrons. The van der Waals surface area contributed by atoms with E-state index in [-0.39, 0.29) is 11.8 Å². The predicted molar refractivity (Wildman–Crippen MR) is 98.8 cm³/mol. The quantitative estimate of drug-likeness (QED) is 0.911. The summed E-state index contributed by atoms with van der Waals surface area (Å²) in [5.74, 6) is 1.10. The number of hydrogen-bond donors (Lipinski definition) is 1. The lowest BCUT2D eigenvalue weighted by Crippen LogP contribution is -2.50. The number of methoxy groups -OCH3 is 2. The number of carbonyl (C=O) groups excluding carboxylic acids is 1. The van der Waals surface area contributed by atoms with Crippen LogP contribution in [0.3, 0.4) is 0 Å². The van der Waals surface area contributed by atoms with Crippen LogP contribution in [-0.4, -0.2) is 51.3 Å². The van der Waals surface area contributed by atoms with Crippen LogP contribution in [0.5, 0.6) is 11.5 Å². The van der Waals surface area contributed by atoms with Crippen molar-refractivity contribution in [1.29, 1.82) is 0 Å². The topological polar surface area (TPSA) is 54.0 Å². The summed E-state index contributed by atoms with van der Waals surface area (Å²) >= 11 is 0. The molecule has 1 saturated heterocycles. The van der Waals surface area contributed by atoms with Crippen molar-refractivity contribution in [3.63, 3.8) is 0 Å². The Balaban J connectivity index is 1.61. The molecule has 0 atom stereocenters. The third-order valence-corrected chi connectivity index (χ3v) is 4.37. The Morgan fingerprint density at radius 2 is 1.81 bits per heavy atom. The van der Waals surface area contributed by atoms with Gasteiger partial charge in [-0.25, -0.2) is 9.18 Å². The highest BCUT2D eigenvalue weighted by molar-refractivity contribution is 5.89. The van der Waals surface area contributed by atoms with Gasteiger partial charge in [-0.15, -0.1) is 0 Å². The lowest BCUT2D eigenvalue weighted by molar-refractivity contribution is 0.208. The van der Waals surface area contributed by atoms with Crippen molar-refractivity contribution in [2.75, 3.05) is 50.6 Å². The maximum atomic E-state index is 13.2. The summed E-state index contributed by atoms with van der Waals surface area (Å²) in [6.07, 6.45) is 0. The SMILES string of the molecule is COc1ccc(N2CCN(C(=O)Nc3cccc(F)c3)CC2)c(OC)c1. The van der Waals surface area contributed by atoms with Gasteiger partial charge in [0.25, 0.3) is 0 Å². The molecule has 0 saturated carbocycles. The summed E-state index contributed by atoms with van der Waals surface area (Å²) < 4.78 is 23.9. The van der Waals surface area contributed by atoms with Crippen LogP contribution in [0.1, 0.15) is 0 Å². The summed E-state index contributed by atoms with van der Waals surface area (Å²) in [7, 11) is 3.24. The Morgan fingerprint density at radius 1 is 1.04 bits per heavy atom. The van der Waals surface area contributed by atoms with E-state index in [1.165, 1.54) is 12.1 Å². The number of anilines is 2. The van der Waals surface area contributed by atoms with Gasteiger partial charge in [0.2, 0.25) is 0 Å². The summed E-state index contributed by atoms with van der Waals surface area (Å²) in [5.41, 5.74) is 1.42. The van der Waals surface area contributed by atoms with Gasteiger partial charge in [-0.05, 0) is 30.3 Å². The Hall–Kier alpha value is -2.96. The summed E-state index contributed by atoms with van der Waals surface area (Å²) in [6, 6.07) is 11.3. The first kappa shape index (κ1) is 17.8. The van der Waals surface area contributed by atoms with Crippen molar-refractivity contribution in [1.82, 2.24) is 4.90 Å². The third kappa shape index (κ3) is 3.99. The van der Waals surface area contributed by atoms with Crippen LogP contribution in [0.4, 0.5) is 20.6 Å². The van der Waals surface area contributed by atoms with E-state index in [4.69, 9.17) is 9.47 Å². The molecule has 1 fully saturated rings. The molecular weight excluding hydrogens is 337 g/mol. The molecule has 0 spiro atoms. The number of urea groups is 1. The minimum atomic E-state index is -0.376. The number of amides is 2. The van der Waals surface area contributed by atoms with Crippen LogP contribution in [0, 0.1) is 5.82 Å². The zero-order valence-electron chi connectivity index (χ0n) is 14.9. The Morgan fingerprint density at radius 3 is 2.46 bits per heavy atom. The van der Waals surface area contributed by atoms with Crippen LogP contribution in [-0.2, 0) is 0 Å². The van der Waals surface area contributed by atoms with Crippen LogP contribution < -0.4 is 19.7 Å². The zero-order chi connectivity index (χ0) is 18.5. The molecule has 1 heterocycles. The number of hydrogen-bond acceptors (Lipinski definition) is 4. The van der Waals surface area contributed by atoms with E-state index >= 15 is 0 Å². The lowest BCUT2D eigenvalue weighted by Gasteiger charge is -2.36. The van der Waals surface area contributed by atoms with Gasteiger partial charge in [-0.2, -0.15) is 0 Å². The first-order chi connectivity index (χ1) is 12.6. The minimum absolute atomic E-state index is 0.225. The van der Waals surface area contributed by atoms with Crippen molar-refractivity contribution < 1.29 is 18.7 Å². The molecule has 0 bridgehead atoms. The van der Waals surface area contributed by atoms with E-state index in [1.54, 1.807) is 31.3 Å². The average Bonchev–Trinajstić information content (AvgIpc) is 2.67. The number of halogens is 1. The van der Waals surface area contributed by atoms with Gasteiger partial charge in [0, 0.05) is 37.9 Å². The predicted octanol–water partition coefficient (Wildman–Crippen LogP) is 3.20. The second kappa shape index (κ2) is 7.95. The Kier molecular flexibility index (Phi) is 5.46. The molecule has 0 radical (unpaired) electrons. The van der Waals surface area contributed by atoms with Gasteiger partial charge in [0.15, 0.2) is 0 Å². The largest absolute Gasteiger partial charge is 0.497 e. The summed E-state index contributed by atoms with van der Waals surface area (Å²) in [6.45, 7) is 2.49. The number of rotatable bonds is 4. The van der Waals surface area contributed by atoms with Crippen molar-refractivity contribution in [3.8, 4) is 11.5 Å².